The summed E-state index contributed by atoms with van der Waals surface area (Å²) in [7, 11) is 0. The van der Waals surface area contributed by atoms with E-state index in [1.165, 1.54) is 12.8 Å². The first kappa shape index (κ1) is 11.8. The summed E-state index contributed by atoms with van der Waals surface area (Å²) in [6.07, 6.45) is 2.42. The van der Waals surface area contributed by atoms with E-state index >= 15 is 0 Å². The number of aromatic nitrogens is 3. The van der Waals surface area contributed by atoms with Crippen LogP contribution in [0, 0.1) is 10.5 Å². The molecule has 6 heteroatoms. The van der Waals surface area contributed by atoms with E-state index in [-0.39, 0.29) is 0 Å². The molecule has 88 valence electrons. The molecule has 0 amide bonds. The molecular weight excluding hydrogens is 369 g/mol. The van der Waals surface area contributed by atoms with Crippen LogP contribution in [0.1, 0.15) is 30.1 Å². The van der Waals surface area contributed by atoms with Crippen LogP contribution in [0.25, 0.3) is 10.8 Å². The fraction of sp³-hybridized carbons (Fsp3) is 0.364. The van der Waals surface area contributed by atoms with Gasteiger partial charge in [0, 0.05) is 17.0 Å². The van der Waals surface area contributed by atoms with Gasteiger partial charge in [0.15, 0.2) is 10.8 Å². The Bertz CT molecular complexity index is 580. The van der Waals surface area contributed by atoms with Crippen LogP contribution in [0.5, 0.6) is 0 Å². The highest BCUT2D eigenvalue weighted by Gasteiger charge is 2.29. The molecule has 0 aliphatic heterocycles. The van der Waals surface area contributed by atoms with E-state index in [9.17, 15) is 0 Å². The lowest BCUT2D eigenvalue weighted by atomic mass is 10.3. The van der Waals surface area contributed by atoms with Gasteiger partial charge in [0.25, 0.3) is 0 Å². The fourth-order valence-electron chi connectivity index (χ4n) is 1.62. The average Bonchev–Trinajstić information content (AvgIpc) is 3.05. The van der Waals surface area contributed by atoms with Gasteiger partial charge >= 0.3 is 0 Å². The first-order valence-electron chi connectivity index (χ1n) is 5.30. The molecule has 0 saturated heterocycles. The Kier molecular flexibility index (Phi) is 3.08. The number of aryl methyl sites for hydroxylation is 1. The minimum absolute atomic E-state index is 0.547. The van der Waals surface area contributed by atoms with Gasteiger partial charge in [-0.3, -0.25) is 0 Å². The minimum atomic E-state index is 0.547. The van der Waals surface area contributed by atoms with Crippen molar-refractivity contribution in [2.24, 2.45) is 0 Å². The van der Waals surface area contributed by atoms with Crippen molar-refractivity contribution in [3.05, 3.63) is 25.5 Å². The van der Waals surface area contributed by atoms with E-state index < -0.39 is 0 Å². The SMILES string of the molecule is Cc1csc(-c2nc(Cl)c(I)c(C3CC3)n2)n1. The summed E-state index contributed by atoms with van der Waals surface area (Å²) in [5, 5.41) is 3.40. The van der Waals surface area contributed by atoms with E-state index in [4.69, 9.17) is 11.6 Å². The number of rotatable bonds is 2. The second kappa shape index (κ2) is 4.44. The van der Waals surface area contributed by atoms with Crippen LogP contribution in [-0.2, 0) is 0 Å². The van der Waals surface area contributed by atoms with Gasteiger partial charge in [0.2, 0.25) is 0 Å². The van der Waals surface area contributed by atoms with Gasteiger partial charge in [0.1, 0.15) is 5.15 Å². The van der Waals surface area contributed by atoms with Gasteiger partial charge in [-0.25, -0.2) is 15.0 Å². The van der Waals surface area contributed by atoms with Crippen LogP contribution in [-0.4, -0.2) is 15.0 Å². The third-order valence-electron chi connectivity index (χ3n) is 2.61. The highest BCUT2D eigenvalue weighted by Crippen LogP contribution is 2.42. The van der Waals surface area contributed by atoms with E-state index in [2.05, 4.69) is 37.5 Å². The molecule has 2 aromatic rings. The lowest BCUT2D eigenvalue weighted by Gasteiger charge is -2.05. The van der Waals surface area contributed by atoms with Crippen LogP contribution >= 0.6 is 45.5 Å². The van der Waals surface area contributed by atoms with E-state index in [0.29, 0.717) is 16.9 Å². The Hall–Kier alpha value is -0.270. The molecule has 1 aliphatic carbocycles. The summed E-state index contributed by atoms with van der Waals surface area (Å²) in [5.41, 5.74) is 2.09. The normalized spacial score (nSPS) is 15.2. The summed E-state index contributed by atoms with van der Waals surface area (Å²) in [6.45, 7) is 1.97. The highest BCUT2D eigenvalue weighted by atomic mass is 127. The molecule has 0 bridgehead atoms. The highest BCUT2D eigenvalue weighted by molar-refractivity contribution is 14.1. The number of hydrogen-bond donors (Lipinski definition) is 0. The monoisotopic (exact) mass is 377 g/mol. The predicted molar refractivity (Wildman–Crippen MR) is 77.6 cm³/mol. The maximum Gasteiger partial charge on any atom is 0.190 e. The van der Waals surface area contributed by atoms with Crippen LogP contribution in [0.2, 0.25) is 5.15 Å². The number of hydrogen-bond acceptors (Lipinski definition) is 4. The van der Waals surface area contributed by atoms with Crippen LogP contribution in [0.15, 0.2) is 5.38 Å². The zero-order valence-corrected chi connectivity index (χ0v) is 12.8. The average molecular weight is 378 g/mol. The summed E-state index contributed by atoms with van der Waals surface area (Å²) < 4.78 is 0.990. The van der Waals surface area contributed by atoms with Crippen molar-refractivity contribution < 1.29 is 0 Å². The summed E-state index contributed by atoms with van der Waals surface area (Å²) in [6, 6.07) is 0. The number of thiazole rings is 1. The molecule has 0 aromatic carbocycles. The van der Waals surface area contributed by atoms with Gasteiger partial charge in [0.05, 0.1) is 9.26 Å². The second-order valence-corrected chi connectivity index (χ2v) is 6.40. The molecule has 0 N–H and O–H groups in total. The molecule has 3 rings (SSSR count). The standard InChI is InChI=1S/C11H9ClIN3S/c1-5-4-17-11(14-5)10-15-8(6-2-3-6)7(13)9(12)16-10/h4,6H,2-3H2,1H3. The van der Waals surface area contributed by atoms with Crippen molar-refractivity contribution in [1.82, 2.24) is 15.0 Å². The second-order valence-electron chi connectivity index (χ2n) is 4.11. The minimum Gasteiger partial charge on any atom is -0.238 e. The summed E-state index contributed by atoms with van der Waals surface area (Å²) >= 11 is 9.95. The number of nitrogens with zero attached hydrogens (tertiary/aromatic N) is 3. The first-order valence-corrected chi connectivity index (χ1v) is 7.64. The Morgan fingerprint density at radius 2 is 2.12 bits per heavy atom. The molecule has 17 heavy (non-hydrogen) atoms. The zero-order valence-electron chi connectivity index (χ0n) is 9.07. The van der Waals surface area contributed by atoms with Gasteiger partial charge in [-0.2, -0.15) is 0 Å². The molecule has 1 saturated carbocycles. The predicted octanol–water partition coefficient (Wildman–Crippen LogP) is 4.04. The van der Waals surface area contributed by atoms with E-state index in [1.54, 1.807) is 11.3 Å². The van der Waals surface area contributed by atoms with Crippen molar-refractivity contribution in [1.29, 1.82) is 0 Å². The summed E-state index contributed by atoms with van der Waals surface area (Å²) in [5.74, 6) is 1.23. The third kappa shape index (κ3) is 2.32. The molecular formula is C11H9ClIN3S. The van der Waals surface area contributed by atoms with Crippen LogP contribution < -0.4 is 0 Å². The van der Waals surface area contributed by atoms with Crippen molar-refractivity contribution in [3.8, 4) is 10.8 Å². The molecule has 0 radical (unpaired) electrons. The Morgan fingerprint density at radius 3 is 2.71 bits per heavy atom. The lowest BCUT2D eigenvalue weighted by Crippen LogP contribution is -1.99. The largest absolute Gasteiger partial charge is 0.238 e. The first-order chi connectivity index (χ1) is 8.15. The maximum atomic E-state index is 6.17. The van der Waals surface area contributed by atoms with Crippen molar-refractivity contribution in [2.45, 2.75) is 25.7 Å². The smallest absolute Gasteiger partial charge is 0.190 e. The number of halogens is 2. The Balaban J connectivity index is 2.11. The van der Waals surface area contributed by atoms with Gasteiger partial charge in [-0.1, -0.05) is 11.6 Å². The Morgan fingerprint density at radius 1 is 1.35 bits per heavy atom. The molecule has 2 aromatic heterocycles. The van der Waals surface area contributed by atoms with Gasteiger partial charge in [-0.15, -0.1) is 11.3 Å². The molecule has 0 atom stereocenters. The van der Waals surface area contributed by atoms with E-state index in [1.807, 2.05) is 12.3 Å². The van der Waals surface area contributed by atoms with Crippen LogP contribution in [0.4, 0.5) is 0 Å². The summed E-state index contributed by atoms with van der Waals surface area (Å²) in [4.78, 5) is 13.4. The van der Waals surface area contributed by atoms with Gasteiger partial charge < -0.3 is 0 Å². The fourth-order valence-corrected chi connectivity index (χ4v) is 3.20. The van der Waals surface area contributed by atoms with Crippen molar-refractivity contribution in [2.75, 3.05) is 0 Å². The molecule has 1 aliphatic rings. The van der Waals surface area contributed by atoms with Crippen molar-refractivity contribution >= 4 is 45.5 Å². The molecule has 3 nitrogen and oxygen atoms in total. The van der Waals surface area contributed by atoms with Gasteiger partial charge in [-0.05, 0) is 42.4 Å². The molecule has 2 heterocycles. The quantitative estimate of drug-likeness (QED) is 0.585. The third-order valence-corrected chi connectivity index (χ3v) is 5.22. The maximum absolute atomic E-state index is 6.17. The lowest BCUT2D eigenvalue weighted by molar-refractivity contribution is 0.975. The zero-order chi connectivity index (χ0) is 12.0. The molecule has 0 spiro atoms. The Labute approximate surface area is 122 Å². The van der Waals surface area contributed by atoms with E-state index in [0.717, 1.165) is 20.0 Å². The topological polar surface area (TPSA) is 38.7 Å². The van der Waals surface area contributed by atoms with Crippen LogP contribution in [0.3, 0.4) is 0 Å². The molecule has 1 fully saturated rings. The molecule has 0 unspecified atom stereocenters. The van der Waals surface area contributed by atoms with Crippen molar-refractivity contribution in [3.63, 3.8) is 0 Å².